The first-order valence-corrected chi connectivity index (χ1v) is 7.18. The number of hydrogen-bond acceptors (Lipinski definition) is 4. The second-order valence-corrected chi connectivity index (χ2v) is 5.55. The summed E-state index contributed by atoms with van der Waals surface area (Å²) in [6.07, 6.45) is -2.20. The van der Waals surface area contributed by atoms with Gasteiger partial charge in [-0.05, 0) is 37.1 Å². The van der Waals surface area contributed by atoms with Gasteiger partial charge < -0.3 is 20.1 Å². The van der Waals surface area contributed by atoms with Crippen LogP contribution in [0.2, 0.25) is 0 Å². The molecule has 0 aliphatic heterocycles. The first-order chi connectivity index (χ1) is 10.5. The van der Waals surface area contributed by atoms with E-state index in [1.807, 2.05) is 26.0 Å². The van der Waals surface area contributed by atoms with Gasteiger partial charge in [0, 0.05) is 5.56 Å². The summed E-state index contributed by atoms with van der Waals surface area (Å²) in [6.45, 7) is 3.69. The van der Waals surface area contributed by atoms with Crippen LogP contribution in [0, 0.1) is 13.8 Å². The molecule has 2 atom stereocenters. The highest BCUT2D eigenvalue weighted by molar-refractivity contribution is 5.40. The Balaban J connectivity index is 2.38. The lowest BCUT2D eigenvalue weighted by Gasteiger charge is -2.22. The van der Waals surface area contributed by atoms with Gasteiger partial charge >= 0.3 is 0 Å². The second kappa shape index (κ2) is 6.92. The molecule has 2 rings (SSSR count). The molecular formula is C18H22O4. The third-order valence-corrected chi connectivity index (χ3v) is 3.69. The highest BCUT2D eigenvalue weighted by Crippen LogP contribution is 2.35. The van der Waals surface area contributed by atoms with Crippen molar-refractivity contribution in [2.24, 2.45) is 0 Å². The molecule has 0 bridgehead atoms. The van der Waals surface area contributed by atoms with Crippen molar-refractivity contribution in [1.29, 1.82) is 0 Å². The largest absolute Gasteiger partial charge is 0.496 e. The van der Waals surface area contributed by atoms with Crippen molar-refractivity contribution in [3.05, 3.63) is 64.2 Å². The van der Waals surface area contributed by atoms with Gasteiger partial charge in [0.25, 0.3) is 0 Å². The average molecular weight is 302 g/mol. The van der Waals surface area contributed by atoms with Crippen LogP contribution < -0.4 is 4.74 Å². The normalized spacial score (nSPS) is 13.7. The van der Waals surface area contributed by atoms with Gasteiger partial charge in [-0.3, -0.25) is 0 Å². The molecule has 2 aromatic carbocycles. The molecule has 0 aromatic heterocycles. The SMILES string of the molecule is COc1ccc(C)cc1C(O)C(O)c1cc(C)cc(CO)c1. The van der Waals surface area contributed by atoms with Crippen molar-refractivity contribution in [2.45, 2.75) is 32.7 Å². The zero-order valence-electron chi connectivity index (χ0n) is 13.1. The van der Waals surface area contributed by atoms with E-state index in [0.29, 0.717) is 22.4 Å². The van der Waals surface area contributed by atoms with E-state index in [0.717, 1.165) is 11.1 Å². The molecule has 0 aliphatic carbocycles. The van der Waals surface area contributed by atoms with Crippen molar-refractivity contribution in [2.75, 3.05) is 7.11 Å². The van der Waals surface area contributed by atoms with Gasteiger partial charge in [0.15, 0.2) is 0 Å². The van der Waals surface area contributed by atoms with E-state index >= 15 is 0 Å². The molecule has 4 heteroatoms. The quantitative estimate of drug-likeness (QED) is 0.794. The summed E-state index contributed by atoms with van der Waals surface area (Å²) in [5.74, 6) is 0.534. The number of aryl methyl sites for hydroxylation is 2. The molecule has 2 unspecified atom stereocenters. The number of hydrogen-bond donors (Lipinski definition) is 3. The van der Waals surface area contributed by atoms with E-state index in [-0.39, 0.29) is 6.61 Å². The van der Waals surface area contributed by atoms with Gasteiger partial charge in [0.1, 0.15) is 18.0 Å². The van der Waals surface area contributed by atoms with E-state index < -0.39 is 12.2 Å². The zero-order chi connectivity index (χ0) is 16.3. The summed E-state index contributed by atoms with van der Waals surface area (Å²) in [7, 11) is 1.53. The van der Waals surface area contributed by atoms with Crippen LogP contribution in [-0.2, 0) is 6.61 Å². The van der Waals surface area contributed by atoms with Crippen LogP contribution in [0.4, 0.5) is 0 Å². The van der Waals surface area contributed by atoms with Crippen LogP contribution in [-0.4, -0.2) is 22.4 Å². The summed E-state index contributed by atoms with van der Waals surface area (Å²) in [4.78, 5) is 0. The van der Waals surface area contributed by atoms with Crippen LogP contribution in [0.3, 0.4) is 0 Å². The number of rotatable bonds is 5. The molecule has 0 amide bonds. The maximum Gasteiger partial charge on any atom is 0.124 e. The summed E-state index contributed by atoms with van der Waals surface area (Å²) >= 11 is 0. The summed E-state index contributed by atoms with van der Waals surface area (Å²) in [6, 6.07) is 10.8. The first-order valence-electron chi connectivity index (χ1n) is 7.18. The van der Waals surface area contributed by atoms with Crippen molar-refractivity contribution >= 4 is 0 Å². The highest BCUT2D eigenvalue weighted by atomic mass is 16.5. The zero-order valence-corrected chi connectivity index (χ0v) is 13.1. The molecule has 3 N–H and O–H groups in total. The third kappa shape index (κ3) is 3.47. The Bertz CT molecular complexity index is 652. The minimum atomic E-state index is -1.11. The Morgan fingerprint density at radius 3 is 2.32 bits per heavy atom. The van der Waals surface area contributed by atoms with Crippen LogP contribution in [0.5, 0.6) is 5.75 Å². The molecule has 0 aliphatic rings. The number of methoxy groups -OCH3 is 1. The van der Waals surface area contributed by atoms with Gasteiger partial charge in [-0.1, -0.05) is 35.4 Å². The Morgan fingerprint density at radius 1 is 0.955 bits per heavy atom. The lowest BCUT2D eigenvalue weighted by Crippen LogP contribution is -2.12. The predicted molar refractivity (Wildman–Crippen MR) is 84.8 cm³/mol. The van der Waals surface area contributed by atoms with Crippen LogP contribution >= 0.6 is 0 Å². The fourth-order valence-corrected chi connectivity index (χ4v) is 2.59. The molecule has 0 saturated carbocycles. The fraction of sp³-hybridized carbons (Fsp3) is 0.333. The van der Waals surface area contributed by atoms with E-state index in [1.54, 1.807) is 24.3 Å². The van der Waals surface area contributed by atoms with Gasteiger partial charge in [-0.25, -0.2) is 0 Å². The van der Waals surface area contributed by atoms with Crippen molar-refractivity contribution in [3.63, 3.8) is 0 Å². The topological polar surface area (TPSA) is 69.9 Å². The monoisotopic (exact) mass is 302 g/mol. The van der Waals surface area contributed by atoms with E-state index in [9.17, 15) is 15.3 Å². The van der Waals surface area contributed by atoms with Gasteiger partial charge in [-0.2, -0.15) is 0 Å². The Labute approximate surface area is 130 Å². The number of aliphatic hydroxyl groups is 3. The minimum absolute atomic E-state index is 0.106. The summed E-state index contributed by atoms with van der Waals surface area (Å²) in [5.41, 5.74) is 3.71. The lowest BCUT2D eigenvalue weighted by molar-refractivity contribution is 0.0157. The van der Waals surface area contributed by atoms with E-state index in [2.05, 4.69) is 0 Å². The third-order valence-electron chi connectivity index (χ3n) is 3.69. The smallest absolute Gasteiger partial charge is 0.124 e. The van der Waals surface area contributed by atoms with Crippen molar-refractivity contribution in [1.82, 2.24) is 0 Å². The Morgan fingerprint density at radius 2 is 1.68 bits per heavy atom. The van der Waals surface area contributed by atoms with Gasteiger partial charge in [-0.15, -0.1) is 0 Å². The maximum atomic E-state index is 10.5. The Kier molecular flexibility index (Phi) is 5.19. The van der Waals surface area contributed by atoms with Crippen LogP contribution in [0.15, 0.2) is 36.4 Å². The molecule has 2 aromatic rings. The first kappa shape index (κ1) is 16.5. The summed E-state index contributed by atoms with van der Waals surface area (Å²) < 4.78 is 5.27. The molecule has 0 radical (unpaired) electrons. The van der Waals surface area contributed by atoms with E-state index in [1.165, 1.54) is 7.11 Å². The van der Waals surface area contributed by atoms with Crippen LogP contribution in [0.1, 0.15) is 40.0 Å². The van der Waals surface area contributed by atoms with Gasteiger partial charge in [0.05, 0.1) is 13.7 Å². The molecule has 0 saturated heterocycles. The molecule has 118 valence electrons. The predicted octanol–water partition coefficient (Wildman–Crippen LogP) is 2.57. The molecule has 22 heavy (non-hydrogen) atoms. The lowest BCUT2D eigenvalue weighted by atomic mass is 9.94. The molecule has 0 heterocycles. The van der Waals surface area contributed by atoms with Crippen molar-refractivity contribution < 1.29 is 20.1 Å². The molecule has 0 spiro atoms. The van der Waals surface area contributed by atoms with Gasteiger partial charge in [0.2, 0.25) is 0 Å². The Hall–Kier alpha value is -1.88. The van der Waals surface area contributed by atoms with Crippen LogP contribution in [0.25, 0.3) is 0 Å². The average Bonchev–Trinajstić information content (AvgIpc) is 2.52. The number of benzene rings is 2. The highest BCUT2D eigenvalue weighted by Gasteiger charge is 2.24. The minimum Gasteiger partial charge on any atom is -0.496 e. The maximum absolute atomic E-state index is 10.5. The standard InChI is InChI=1S/C18H22O4/c1-11-4-5-16(22-3)15(8-11)18(21)17(20)14-7-12(2)6-13(9-14)10-19/h4-9,17-21H,10H2,1-3H3. The summed E-state index contributed by atoms with van der Waals surface area (Å²) in [5, 5.41) is 30.3. The van der Waals surface area contributed by atoms with Crippen molar-refractivity contribution in [3.8, 4) is 5.75 Å². The fourth-order valence-electron chi connectivity index (χ4n) is 2.59. The number of ether oxygens (including phenoxy) is 1. The number of aliphatic hydroxyl groups excluding tert-OH is 3. The molecular weight excluding hydrogens is 280 g/mol. The second-order valence-electron chi connectivity index (χ2n) is 5.55. The van der Waals surface area contributed by atoms with E-state index in [4.69, 9.17) is 4.74 Å². The molecule has 4 nitrogen and oxygen atoms in total. The molecule has 0 fully saturated rings.